The highest BCUT2D eigenvalue weighted by Crippen LogP contribution is 2.37. The number of benzene rings is 5. The molecule has 0 N–H and O–H groups in total. The number of rotatable bonds is 3. The van der Waals surface area contributed by atoms with E-state index in [9.17, 15) is 0 Å². The molecule has 0 radical (unpaired) electrons. The molecule has 2 heterocycles. The summed E-state index contributed by atoms with van der Waals surface area (Å²) in [6, 6.07) is 43.4. The van der Waals surface area contributed by atoms with Crippen LogP contribution in [0.5, 0.6) is 0 Å². The summed E-state index contributed by atoms with van der Waals surface area (Å²) in [6.45, 7) is 0. The van der Waals surface area contributed by atoms with Crippen molar-refractivity contribution < 1.29 is 0 Å². The van der Waals surface area contributed by atoms with Gasteiger partial charge in [-0.25, -0.2) is 0 Å². The highest BCUT2D eigenvalue weighted by molar-refractivity contribution is 6.13. The van der Waals surface area contributed by atoms with Crippen LogP contribution >= 0.6 is 0 Å². The van der Waals surface area contributed by atoms with Gasteiger partial charge < -0.3 is 9.13 Å². The Kier molecular flexibility index (Phi) is 4.18. The fraction of sp³-hybridized carbons (Fsp3) is 0. The van der Waals surface area contributed by atoms with Crippen LogP contribution in [-0.4, -0.2) is 9.13 Å². The summed E-state index contributed by atoms with van der Waals surface area (Å²) in [4.78, 5) is 0. The third-order valence-corrected chi connectivity index (χ3v) is 6.78. The summed E-state index contributed by atoms with van der Waals surface area (Å²) < 4.78 is 4.54. The van der Waals surface area contributed by atoms with Gasteiger partial charge in [0, 0.05) is 34.5 Å². The molecule has 0 saturated heterocycles. The monoisotopic (exact) mass is 434 g/mol. The minimum atomic E-state index is 1.17. The van der Waals surface area contributed by atoms with Crippen LogP contribution in [0.15, 0.2) is 134 Å². The van der Waals surface area contributed by atoms with Crippen LogP contribution in [0.4, 0.5) is 0 Å². The second-order valence-electron chi connectivity index (χ2n) is 8.72. The Hall–Kier alpha value is -4.56. The van der Waals surface area contributed by atoms with Gasteiger partial charge in [-0.15, -0.1) is 0 Å². The van der Waals surface area contributed by atoms with Crippen LogP contribution in [0.2, 0.25) is 0 Å². The number of para-hydroxylation sites is 2. The first-order chi connectivity index (χ1) is 16.9. The molecule has 0 aliphatic rings. The fourth-order valence-corrected chi connectivity index (χ4v) is 5.16. The summed E-state index contributed by atoms with van der Waals surface area (Å²) in [5.74, 6) is 0. The molecule has 0 atom stereocenters. The van der Waals surface area contributed by atoms with Crippen molar-refractivity contribution in [1.29, 1.82) is 0 Å². The van der Waals surface area contributed by atoms with E-state index in [1.165, 1.54) is 55.1 Å². The zero-order valence-electron chi connectivity index (χ0n) is 18.6. The summed E-state index contributed by atoms with van der Waals surface area (Å²) in [6.07, 6.45) is 4.32. The lowest BCUT2D eigenvalue weighted by Crippen LogP contribution is -1.93. The normalized spacial score (nSPS) is 11.5. The summed E-state index contributed by atoms with van der Waals surface area (Å²) >= 11 is 0. The third-order valence-electron chi connectivity index (χ3n) is 6.78. The molecule has 34 heavy (non-hydrogen) atoms. The van der Waals surface area contributed by atoms with Gasteiger partial charge in [-0.2, -0.15) is 0 Å². The van der Waals surface area contributed by atoms with Crippen molar-refractivity contribution in [2.45, 2.75) is 0 Å². The number of hydrogen-bond donors (Lipinski definition) is 0. The summed E-state index contributed by atoms with van der Waals surface area (Å²) in [7, 11) is 0. The number of hydrogen-bond acceptors (Lipinski definition) is 0. The van der Waals surface area contributed by atoms with Crippen molar-refractivity contribution in [3.05, 3.63) is 134 Å². The molecule has 2 heteroatoms. The summed E-state index contributed by atoms with van der Waals surface area (Å²) in [5, 5.41) is 5.04. The van der Waals surface area contributed by atoms with Gasteiger partial charge in [-0.3, -0.25) is 0 Å². The van der Waals surface area contributed by atoms with Crippen molar-refractivity contribution in [2.24, 2.45) is 0 Å². The van der Waals surface area contributed by atoms with Crippen LogP contribution in [-0.2, 0) is 0 Å². The van der Waals surface area contributed by atoms with Crippen LogP contribution in [0.25, 0.3) is 55.1 Å². The predicted octanol–water partition coefficient (Wildman–Crippen LogP) is 8.39. The Bertz CT molecular complexity index is 1780. The third kappa shape index (κ3) is 2.89. The lowest BCUT2D eigenvalue weighted by atomic mass is 9.96. The van der Waals surface area contributed by atoms with Crippen LogP contribution in [0.3, 0.4) is 0 Å². The average molecular weight is 435 g/mol. The van der Waals surface area contributed by atoms with E-state index in [0.717, 1.165) is 0 Å². The Morgan fingerprint density at radius 2 is 1.09 bits per heavy atom. The van der Waals surface area contributed by atoms with E-state index in [-0.39, 0.29) is 0 Å². The largest absolute Gasteiger partial charge is 0.317 e. The zero-order chi connectivity index (χ0) is 22.5. The maximum absolute atomic E-state index is 2.33. The van der Waals surface area contributed by atoms with E-state index in [4.69, 9.17) is 0 Å². The standard InChI is InChI=1S/C32H22N2/c1-2-9-26(10-3-1)34-21-19-25-22-30(28-11-5-6-12-29(28)32(25)34)23-14-16-27(17-15-23)33-20-18-24-8-4-7-13-31(24)33/h1-22H. The average Bonchev–Trinajstić information content (AvgIpc) is 3.54. The lowest BCUT2D eigenvalue weighted by molar-refractivity contribution is 1.13. The molecule has 7 rings (SSSR count). The molecule has 0 saturated carbocycles. The number of aromatic nitrogens is 2. The quantitative estimate of drug-likeness (QED) is 0.264. The van der Waals surface area contributed by atoms with Crippen LogP contribution < -0.4 is 0 Å². The van der Waals surface area contributed by atoms with Gasteiger partial charge in [0.15, 0.2) is 0 Å². The molecule has 5 aromatic carbocycles. The molecule has 2 aromatic heterocycles. The highest BCUT2D eigenvalue weighted by Gasteiger charge is 2.13. The number of nitrogens with zero attached hydrogens (tertiary/aromatic N) is 2. The molecule has 0 spiro atoms. The molecule has 7 aromatic rings. The second kappa shape index (κ2) is 7.50. The Labute approximate surface area is 197 Å². The maximum atomic E-state index is 2.33. The first kappa shape index (κ1) is 19.0. The van der Waals surface area contributed by atoms with Gasteiger partial charge in [0.2, 0.25) is 0 Å². The SMILES string of the molecule is c1ccc(-n2ccc3cc(-c4ccc(-n5ccc6ccccc65)cc4)c4ccccc4c32)cc1. The topological polar surface area (TPSA) is 9.86 Å². The van der Waals surface area contributed by atoms with Crippen molar-refractivity contribution in [3.8, 4) is 22.5 Å². The molecule has 160 valence electrons. The first-order valence-corrected chi connectivity index (χ1v) is 11.6. The van der Waals surface area contributed by atoms with Gasteiger partial charge in [0.1, 0.15) is 0 Å². The second-order valence-corrected chi connectivity index (χ2v) is 8.72. The lowest BCUT2D eigenvalue weighted by Gasteiger charge is -2.13. The van der Waals surface area contributed by atoms with Crippen molar-refractivity contribution in [3.63, 3.8) is 0 Å². The number of fused-ring (bicyclic) bond motifs is 4. The Morgan fingerprint density at radius 1 is 0.441 bits per heavy atom. The van der Waals surface area contributed by atoms with E-state index in [2.05, 4.69) is 143 Å². The van der Waals surface area contributed by atoms with Crippen molar-refractivity contribution in [2.75, 3.05) is 0 Å². The zero-order valence-corrected chi connectivity index (χ0v) is 18.6. The minimum Gasteiger partial charge on any atom is -0.317 e. The van der Waals surface area contributed by atoms with E-state index >= 15 is 0 Å². The van der Waals surface area contributed by atoms with Crippen molar-refractivity contribution >= 4 is 32.6 Å². The van der Waals surface area contributed by atoms with Gasteiger partial charge in [-0.05, 0) is 70.4 Å². The Morgan fingerprint density at radius 3 is 1.94 bits per heavy atom. The molecule has 0 aliphatic heterocycles. The molecule has 0 aliphatic carbocycles. The van der Waals surface area contributed by atoms with E-state index in [0.29, 0.717) is 0 Å². The minimum absolute atomic E-state index is 1.17. The van der Waals surface area contributed by atoms with Gasteiger partial charge >= 0.3 is 0 Å². The van der Waals surface area contributed by atoms with Crippen LogP contribution in [0, 0.1) is 0 Å². The molecule has 0 unspecified atom stereocenters. The van der Waals surface area contributed by atoms with Crippen molar-refractivity contribution in [1.82, 2.24) is 9.13 Å². The molecule has 2 nitrogen and oxygen atoms in total. The summed E-state index contributed by atoms with van der Waals surface area (Å²) in [5.41, 5.74) is 7.32. The molecular weight excluding hydrogens is 412 g/mol. The van der Waals surface area contributed by atoms with E-state index in [1.54, 1.807) is 0 Å². The van der Waals surface area contributed by atoms with Gasteiger partial charge in [0.25, 0.3) is 0 Å². The fourth-order valence-electron chi connectivity index (χ4n) is 5.16. The molecule has 0 bridgehead atoms. The van der Waals surface area contributed by atoms with Crippen LogP contribution in [0.1, 0.15) is 0 Å². The van der Waals surface area contributed by atoms with Gasteiger partial charge in [-0.1, -0.05) is 72.8 Å². The molecule has 0 fully saturated rings. The molecule has 0 amide bonds. The molecular formula is C32H22N2. The highest BCUT2D eigenvalue weighted by atomic mass is 15.0. The first-order valence-electron chi connectivity index (χ1n) is 11.6. The predicted molar refractivity (Wildman–Crippen MR) is 143 cm³/mol. The van der Waals surface area contributed by atoms with E-state index in [1.807, 2.05) is 0 Å². The smallest absolute Gasteiger partial charge is 0.0607 e. The van der Waals surface area contributed by atoms with E-state index < -0.39 is 0 Å². The Balaban J connectivity index is 1.39. The van der Waals surface area contributed by atoms with Gasteiger partial charge in [0.05, 0.1) is 11.0 Å². The maximum Gasteiger partial charge on any atom is 0.0607 e.